The summed E-state index contributed by atoms with van der Waals surface area (Å²) in [5, 5.41) is 0. The van der Waals surface area contributed by atoms with Gasteiger partial charge >= 0.3 is 0 Å². The smallest absolute Gasteiger partial charge is 0.128 e. The molecular formula is C29H36FN3. The van der Waals surface area contributed by atoms with Gasteiger partial charge in [0.05, 0.1) is 5.69 Å². The second-order valence-electron chi connectivity index (χ2n) is 9.35. The third kappa shape index (κ3) is 7.20. The van der Waals surface area contributed by atoms with Crippen LogP contribution < -0.4 is 0 Å². The van der Waals surface area contributed by atoms with E-state index < -0.39 is 0 Å². The van der Waals surface area contributed by atoms with Crippen LogP contribution in [0.25, 0.3) is 11.3 Å². The Balaban J connectivity index is 1.35. The summed E-state index contributed by atoms with van der Waals surface area (Å²) in [6.07, 6.45) is 11.4. The van der Waals surface area contributed by atoms with Crippen molar-refractivity contribution in [2.24, 2.45) is 5.92 Å². The number of hydrogen-bond acceptors (Lipinski definition) is 3. The van der Waals surface area contributed by atoms with E-state index >= 15 is 0 Å². The lowest BCUT2D eigenvalue weighted by molar-refractivity contribution is 0.256. The van der Waals surface area contributed by atoms with E-state index in [2.05, 4.69) is 41.1 Å². The fourth-order valence-corrected chi connectivity index (χ4v) is 4.92. The van der Waals surface area contributed by atoms with Crippen molar-refractivity contribution in [1.82, 2.24) is 14.9 Å². The van der Waals surface area contributed by atoms with Crippen LogP contribution >= 0.6 is 0 Å². The van der Waals surface area contributed by atoms with E-state index in [1.54, 1.807) is 12.1 Å². The first-order valence-corrected chi connectivity index (χ1v) is 12.6. The molecular weight excluding hydrogens is 409 g/mol. The lowest BCUT2D eigenvalue weighted by Crippen LogP contribution is -2.25. The van der Waals surface area contributed by atoms with Gasteiger partial charge in [0.25, 0.3) is 0 Å². The van der Waals surface area contributed by atoms with Crippen LogP contribution in [0.3, 0.4) is 0 Å². The van der Waals surface area contributed by atoms with Crippen LogP contribution in [-0.4, -0.2) is 28.0 Å². The molecule has 0 aliphatic heterocycles. The van der Waals surface area contributed by atoms with Crippen LogP contribution in [0.4, 0.5) is 4.39 Å². The first-order valence-electron chi connectivity index (χ1n) is 12.6. The van der Waals surface area contributed by atoms with Gasteiger partial charge in [-0.2, -0.15) is 0 Å². The lowest BCUT2D eigenvalue weighted by Gasteiger charge is -2.22. The average Bonchev–Trinajstić information content (AvgIpc) is 3.36. The maximum atomic E-state index is 13.4. The summed E-state index contributed by atoms with van der Waals surface area (Å²) in [4.78, 5) is 11.9. The number of hydrogen-bond donors (Lipinski definition) is 0. The fraction of sp³-hybridized carbons (Fsp3) is 0.448. The van der Waals surface area contributed by atoms with Gasteiger partial charge in [-0.3, -0.25) is 4.90 Å². The zero-order valence-corrected chi connectivity index (χ0v) is 19.8. The number of aromatic nitrogens is 2. The molecule has 0 bridgehead atoms. The number of halogens is 1. The molecule has 0 unspecified atom stereocenters. The monoisotopic (exact) mass is 445 g/mol. The summed E-state index contributed by atoms with van der Waals surface area (Å²) < 4.78 is 13.4. The highest BCUT2D eigenvalue weighted by molar-refractivity contribution is 5.59. The summed E-state index contributed by atoms with van der Waals surface area (Å²) in [7, 11) is 0. The van der Waals surface area contributed by atoms with Gasteiger partial charge in [0.2, 0.25) is 0 Å². The molecule has 4 heteroatoms. The zero-order chi connectivity index (χ0) is 22.9. The van der Waals surface area contributed by atoms with E-state index in [9.17, 15) is 4.39 Å². The highest BCUT2D eigenvalue weighted by Gasteiger charge is 2.16. The summed E-state index contributed by atoms with van der Waals surface area (Å²) >= 11 is 0. The fourth-order valence-electron chi connectivity index (χ4n) is 4.92. The molecule has 0 amide bonds. The largest absolute Gasteiger partial charge is 0.299 e. The maximum Gasteiger partial charge on any atom is 0.128 e. The van der Waals surface area contributed by atoms with Gasteiger partial charge in [0.1, 0.15) is 11.6 Å². The van der Waals surface area contributed by atoms with E-state index in [1.165, 1.54) is 50.3 Å². The van der Waals surface area contributed by atoms with Crippen molar-refractivity contribution < 1.29 is 4.39 Å². The Hall–Kier alpha value is -2.59. The molecule has 3 aromatic rings. The molecule has 33 heavy (non-hydrogen) atoms. The van der Waals surface area contributed by atoms with Gasteiger partial charge in [0.15, 0.2) is 0 Å². The van der Waals surface area contributed by atoms with E-state index in [0.29, 0.717) is 0 Å². The van der Waals surface area contributed by atoms with Crippen molar-refractivity contribution in [2.75, 3.05) is 13.1 Å². The molecule has 0 spiro atoms. The Bertz CT molecular complexity index is 1010. The third-order valence-corrected chi connectivity index (χ3v) is 6.86. The van der Waals surface area contributed by atoms with Crippen molar-refractivity contribution in [3.8, 4) is 11.3 Å². The van der Waals surface area contributed by atoms with E-state index in [1.807, 2.05) is 18.3 Å². The Morgan fingerprint density at radius 3 is 2.61 bits per heavy atom. The first-order chi connectivity index (χ1) is 16.2. The van der Waals surface area contributed by atoms with Gasteiger partial charge in [-0.25, -0.2) is 14.4 Å². The molecule has 1 saturated carbocycles. The molecule has 0 atom stereocenters. The molecule has 0 radical (unpaired) electrons. The minimum Gasteiger partial charge on any atom is -0.299 e. The Labute approximate surface area is 198 Å². The minimum atomic E-state index is -0.175. The molecule has 1 aliphatic rings. The highest BCUT2D eigenvalue weighted by Crippen LogP contribution is 2.28. The number of aryl methyl sites for hydroxylation is 2. The van der Waals surface area contributed by atoms with Crippen LogP contribution in [0.2, 0.25) is 0 Å². The molecule has 174 valence electrons. The standard InChI is InChI=1S/C29H36FN3/c1-2-33(19-17-23-8-3-4-9-23)22-25-12-5-13-26(20-25)28-16-18-31-29(32-28)15-7-11-24-10-6-14-27(30)21-24/h5-6,10,12-14,16,18,20-21,23H,2-4,7-9,11,15,17,19,22H2,1H3. The Kier molecular flexibility index (Phi) is 8.59. The molecule has 0 saturated heterocycles. The average molecular weight is 446 g/mol. The third-order valence-electron chi connectivity index (χ3n) is 6.86. The maximum absolute atomic E-state index is 13.4. The van der Waals surface area contributed by atoms with Gasteiger partial charge in [-0.05, 0) is 73.7 Å². The Morgan fingerprint density at radius 2 is 1.79 bits per heavy atom. The molecule has 3 nitrogen and oxygen atoms in total. The SMILES string of the molecule is CCN(CCC1CCCC1)Cc1cccc(-c2ccnc(CCCc3cccc(F)c3)n2)c1. The topological polar surface area (TPSA) is 29.0 Å². The van der Waals surface area contributed by atoms with Crippen LogP contribution in [0, 0.1) is 11.7 Å². The highest BCUT2D eigenvalue weighted by atomic mass is 19.1. The number of benzene rings is 2. The molecule has 0 N–H and O–H groups in total. The van der Waals surface area contributed by atoms with Gasteiger partial charge in [-0.15, -0.1) is 0 Å². The van der Waals surface area contributed by atoms with Crippen molar-refractivity contribution >= 4 is 0 Å². The first kappa shape index (κ1) is 23.6. The number of rotatable bonds is 11. The zero-order valence-electron chi connectivity index (χ0n) is 19.8. The molecule has 1 fully saturated rings. The molecule has 4 rings (SSSR count). The van der Waals surface area contributed by atoms with E-state index in [4.69, 9.17) is 4.98 Å². The van der Waals surface area contributed by atoms with Crippen molar-refractivity contribution in [2.45, 2.75) is 64.8 Å². The molecule has 1 aliphatic carbocycles. The predicted molar refractivity (Wildman–Crippen MR) is 133 cm³/mol. The van der Waals surface area contributed by atoms with Crippen molar-refractivity contribution in [3.63, 3.8) is 0 Å². The summed E-state index contributed by atoms with van der Waals surface area (Å²) in [6.45, 7) is 5.52. The second kappa shape index (κ2) is 12.0. The van der Waals surface area contributed by atoms with Crippen LogP contribution in [0.1, 0.15) is 62.4 Å². The summed E-state index contributed by atoms with van der Waals surface area (Å²) in [5.41, 5.74) is 4.48. The van der Waals surface area contributed by atoms with Crippen LogP contribution in [0.15, 0.2) is 60.8 Å². The minimum absolute atomic E-state index is 0.175. The van der Waals surface area contributed by atoms with E-state index in [0.717, 1.165) is 60.9 Å². The van der Waals surface area contributed by atoms with Crippen LogP contribution in [-0.2, 0) is 19.4 Å². The lowest BCUT2D eigenvalue weighted by atomic mass is 10.0. The van der Waals surface area contributed by atoms with Crippen molar-refractivity contribution in [3.05, 3.63) is 83.6 Å². The molecule has 1 heterocycles. The summed E-state index contributed by atoms with van der Waals surface area (Å²) in [6, 6.07) is 17.6. The second-order valence-corrected chi connectivity index (χ2v) is 9.35. The van der Waals surface area contributed by atoms with Gasteiger partial charge < -0.3 is 0 Å². The predicted octanol–water partition coefficient (Wildman–Crippen LogP) is 6.86. The van der Waals surface area contributed by atoms with Crippen LogP contribution in [0.5, 0.6) is 0 Å². The molecule has 2 aromatic carbocycles. The summed E-state index contributed by atoms with van der Waals surface area (Å²) in [5.74, 6) is 1.61. The molecule has 1 aromatic heterocycles. The quantitative estimate of drug-likeness (QED) is 0.323. The van der Waals surface area contributed by atoms with Gasteiger partial charge in [-0.1, -0.05) is 62.9 Å². The number of nitrogens with zero attached hydrogens (tertiary/aromatic N) is 3. The Morgan fingerprint density at radius 1 is 0.970 bits per heavy atom. The van der Waals surface area contributed by atoms with Crippen molar-refractivity contribution in [1.29, 1.82) is 0 Å². The van der Waals surface area contributed by atoms with E-state index in [-0.39, 0.29) is 5.82 Å². The normalized spacial score (nSPS) is 14.3. The van der Waals surface area contributed by atoms with Gasteiger partial charge in [0, 0.05) is 24.7 Å².